The van der Waals surface area contributed by atoms with Crippen molar-refractivity contribution in [3.8, 4) is 0 Å². The Kier molecular flexibility index (Phi) is 3.31. The molecule has 1 aromatic carbocycles. The molecule has 0 saturated carbocycles. The lowest BCUT2D eigenvalue weighted by molar-refractivity contribution is 0.0696. The van der Waals surface area contributed by atoms with Crippen LogP contribution >= 0.6 is 11.6 Å². The van der Waals surface area contributed by atoms with Gasteiger partial charge in [-0.25, -0.2) is 4.79 Å². The van der Waals surface area contributed by atoms with Crippen molar-refractivity contribution in [3.05, 3.63) is 28.8 Å². The first-order chi connectivity index (χ1) is 7.68. The number of carboxylic acids is 1. The molecular formula is C11H12ClNO3. The van der Waals surface area contributed by atoms with Gasteiger partial charge in [0.15, 0.2) is 0 Å². The second kappa shape index (κ2) is 4.72. The van der Waals surface area contributed by atoms with Gasteiger partial charge in [-0.15, -0.1) is 0 Å². The molecule has 1 N–H and O–H groups in total. The molecule has 1 saturated heterocycles. The number of nitrogens with zero attached hydrogens (tertiary/aromatic N) is 1. The summed E-state index contributed by atoms with van der Waals surface area (Å²) in [5.74, 6) is -0.955. The third-order valence-electron chi connectivity index (χ3n) is 2.54. The molecule has 0 aliphatic carbocycles. The lowest BCUT2D eigenvalue weighted by atomic mass is 10.1. The van der Waals surface area contributed by atoms with Crippen molar-refractivity contribution in [3.63, 3.8) is 0 Å². The van der Waals surface area contributed by atoms with E-state index in [0.717, 1.165) is 0 Å². The Balaban J connectivity index is 2.34. The summed E-state index contributed by atoms with van der Waals surface area (Å²) in [6.45, 7) is 2.67. The fourth-order valence-electron chi connectivity index (χ4n) is 1.76. The van der Waals surface area contributed by atoms with Crippen LogP contribution in [0.4, 0.5) is 5.69 Å². The summed E-state index contributed by atoms with van der Waals surface area (Å²) in [5.41, 5.74) is 0.953. The predicted octanol–water partition coefficient (Wildman–Crippen LogP) is 1.87. The van der Waals surface area contributed by atoms with E-state index in [1.54, 1.807) is 12.1 Å². The quantitative estimate of drug-likeness (QED) is 0.859. The monoisotopic (exact) mass is 241 g/mol. The van der Waals surface area contributed by atoms with Crippen LogP contribution in [0.15, 0.2) is 18.2 Å². The highest BCUT2D eigenvalue weighted by molar-refractivity contribution is 6.31. The van der Waals surface area contributed by atoms with Crippen molar-refractivity contribution < 1.29 is 14.6 Å². The number of carbonyl (C=O) groups is 1. The molecule has 16 heavy (non-hydrogen) atoms. The van der Waals surface area contributed by atoms with Crippen molar-refractivity contribution in [2.24, 2.45) is 0 Å². The first kappa shape index (κ1) is 11.2. The molecule has 0 radical (unpaired) electrons. The van der Waals surface area contributed by atoms with E-state index in [-0.39, 0.29) is 5.56 Å². The topological polar surface area (TPSA) is 49.8 Å². The van der Waals surface area contributed by atoms with E-state index in [1.165, 1.54) is 6.07 Å². The van der Waals surface area contributed by atoms with E-state index >= 15 is 0 Å². The molecule has 5 heteroatoms. The van der Waals surface area contributed by atoms with Crippen LogP contribution in [0.1, 0.15) is 10.4 Å². The molecule has 2 rings (SSSR count). The van der Waals surface area contributed by atoms with E-state index in [9.17, 15) is 4.79 Å². The third-order valence-corrected chi connectivity index (χ3v) is 2.78. The highest BCUT2D eigenvalue weighted by Crippen LogP contribution is 2.25. The summed E-state index contributed by atoms with van der Waals surface area (Å²) in [6, 6.07) is 4.94. The summed E-state index contributed by atoms with van der Waals surface area (Å²) in [4.78, 5) is 13.1. The second-order valence-corrected chi connectivity index (χ2v) is 4.00. The Hall–Kier alpha value is -1.26. The van der Waals surface area contributed by atoms with Gasteiger partial charge in [0.2, 0.25) is 0 Å². The zero-order valence-electron chi connectivity index (χ0n) is 8.65. The van der Waals surface area contributed by atoms with Crippen LogP contribution in [0.5, 0.6) is 0 Å². The van der Waals surface area contributed by atoms with E-state index in [1.807, 2.05) is 4.90 Å². The van der Waals surface area contributed by atoms with Gasteiger partial charge in [0.25, 0.3) is 0 Å². The number of morpholine rings is 1. The highest BCUT2D eigenvalue weighted by Gasteiger charge is 2.18. The summed E-state index contributed by atoms with van der Waals surface area (Å²) in [6.07, 6.45) is 0. The average Bonchev–Trinajstić information content (AvgIpc) is 2.30. The molecule has 1 fully saturated rings. The molecule has 4 nitrogen and oxygen atoms in total. The molecule has 1 aliphatic rings. The molecule has 1 heterocycles. The molecule has 0 aromatic heterocycles. The Labute approximate surface area is 98.4 Å². The van der Waals surface area contributed by atoms with Gasteiger partial charge in [-0.1, -0.05) is 11.6 Å². The highest BCUT2D eigenvalue weighted by atomic mass is 35.5. The Morgan fingerprint density at radius 3 is 2.69 bits per heavy atom. The minimum atomic E-state index is -0.955. The number of halogens is 1. The number of aromatic carboxylic acids is 1. The Morgan fingerprint density at radius 2 is 2.06 bits per heavy atom. The molecule has 0 atom stereocenters. The standard InChI is InChI=1S/C11H12ClNO3/c12-8-1-2-10(9(7-8)11(14)15)13-3-5-16-6-4-13/h1-2,7H,3-6H2,(H,14,15). The van der Waals surface area contributed by atoms with E-state index in [0.29, 0.717) is 37.0 Å². The zero-order valence-corrected chi connectivity index (χ0v) is 9.41. The van der Waals surface area contributed by atoms with Crippen molar-refractivity contribution in [2.45, 2.75) is 0 Å². The maximum absolute atomic E-state index is 11.1. The molecule has 0 spiro atoms. The fourth-order valence-corrected chi connectivity index (χ4v) is 1.93. The molecule has 0 unspecified atom stereocenters. The first-order valence-corrected chi connectivity index (χ1v) is 5.42. The number of hydrogen-bond acceptors (Lipinski definition) is 3. The van der Waals surface area contributed by atoms with Crippen LogP contribution in [0, 0.1) is 0 Å². The van der Waals surface area contributed by atoms with E-state index < -0.39 is 5.97 Å². The number of benzene rings is 1. The molecule has 0 bridgehead atoms. The largest absolute Gasteiger partial charge is 0.478 e. The normalized spacial score (nSPS) is 16.2. The van der Waals surface area contributed by atoms with Crippen LogP contribution in [0.2, 0.25) is 5.02 Å². The van der Waals surface area contributed by atoms with Gasteiger partial charge in [-0.3, -0.25) is 0 Å². The SMILES string of the molecule is O=C(O)c1cc(Cl)ccc1N1CCOCC1. The fraction of sp³-hybridized carbons (Fsp3) is 0.364. The average molecular weight is 242 g/mol. The molecular weight excluding hydrogens is 230 g/mol. The van der Waals surface area contributed by atoms with Crippen LogP contribution in [-0.2, 0) is 4.74 Å². The van der Waals surface area contributed by atoms with E-state index in [2.05, 4.69) is 0 Å². The van der Waals surface area contributed by atoms with Gasteiger partial charge in [-0.2, -0.15) is 0 Å². The Morgan fingerprint density at radius 1 is 1.38 bits per heavy atom. The van der Waals surface area contributed by atoms with Gasteiger partial charge in [0.1, 0.15) is 0 Å². The van der Waals surface area contributed by atoms with Crippen molar-refractivity contribution in [1.82, 2.24) is 0 Å². The minimum Gasteiger partial charge on any atom is -0.478 e. The minimum absolute atomic E-state index is 0.245. The second-order valence-electron chi connectivity index (χ2n) is 3.57. The van der Waals surface area contributed by atoms with Crippen molar-refractivity contribution in [2.75, 3.05) is 31.2 Å². The number of anilines is 1. The maximum atomic E-state index is 11.1. The predicted molar refractivity (Wildman–Crippen MR) is 61.4 cm³/mol. The zero-order chi connectivity index (χ0) is 11.5. The number of ether oxygens (including phenoxy) is 1. The van der Waals surface area contributed by atoms with Crippen LogP contribution in [0.25, 0.3) is 0 Å². The Bertz CT molecular complexity index is 402. The summed E-state index contributed by atoms with van der Waals surface area (Å²) < 4.78 is 5.23. The van der Waals surface area contributed by atoms with Crippen molar-refractivity contribution in [1.29, 1.82) is 0 Å². The van der Waals surface area contributed by atoms with Crippen LogP contribution < -0.4 is 4.90 Å². The van der Waals surface area contributed by atoms with Gasteiger partial charge in [0, 0.05) is 18.1 Å². The number of rotatable bonds is 2. The number of carboxylic acid groups (broad SMARTS) is 1. The van der Waals surface area contributed by atoms with Gasteiger partial charge >= 0.3 is 5.97 Å². The van der Waals surface area contributed by atoms with Crippen LogP contribution in [0.3, 0.4) is 0 Å². The van der Waals surface area contributed by atoms with Gasteiger partial charge in [-0.05, 0) is 18.2 Å². The van der Waals surface area contributed by atoms with E-state index in [4.69, 9.17) is 21.4 Å². The summed E-state index contributed by atoms with van der Waals surface area (Å²) in [5, 5.41) is 9.54. The number of hydrogen-bond donors (Lipinski definition) is 1. The third kappa shape index (κ3) is 2.28. The lowest BCUT2D eigenvalue weighted by Crippen LogP contribution is -2.37. The molecule has 1 aromatic rings. The molecule has 0 amide bonds. The van der Waals surface area contributed by atoms with Crippen molar-refractivity contribution >= 4 is 23.3 Å². The maximum Gasteiger partial charge on any atom is 0.337 e. The van der Waals surface area contributed by atoms with Crippen LogP contribution in [-0.4, -0.2) is 37.4 Å². The summed E-state index contributed by atoms with van der Waals surface area (Å²) in [7, 11) is 0. The molecule has 86 valence electrons. The lowest BCUT2D eigenvalue weighted by Gasteiger charge is -2.29. The van der Waals surface area contributed by atoms with Gasteiger partial charge < -0.3 is 14.7 Å². The van der Waals surface area contributed by atoms with Gasteiger partial charge in [0.05, 0.1) is 24.5 Å². The molecule has 1 aliphatic heterocycles. The smallest absolute Gasteiger partial charge is 0.337 e. The first-order valence-electron chi connectivity index (χ1n) is 5.04. The summed E-state index contributed by atoms with van der Waals surface area (Å²) >= 11 is 5.79.